The van der Waals surface area contributed by atoms with Crippen molar-refractivity contribution >= 4 is 23.6 Å². The molecule has 6 heteroatoms. The molecule has 0 radical (unpaired) electrons. The number of aliphatic imine (C=N–C) groups is 1. The monoisotopic (exact) mass is 348 g/mol. The van der Waals surface area contributed by atoms with Crippen molar-refractivity contribution in [2.75, 3.05) is 32.1 Å². The third kappa shape index (κ3) is 6.07. The Morgan fingerprint density at radius 1 is 1.38 bits per heavy atom. The van der Waals surface area contributed by atoms with Crippen LogP contribution >= 0.6 is 11.8 Å². The van der Waals surface area contributed by atoms with Crippen LogP contribution in [0.2, 0.25) is 0 Å². The SMILES string of the molecule is C[C@H](NC(=NCC(=O)N(C)C)N[C@@H]1CCCSC1)c1ccccc1. The van der Waals surface area contributed by atoms with Gasteiger partial charge in [0.05, 0.1) is 6.04 Å². The summed E-state index contributed by atoms with van der Waals surface area (Å²) in [7, 11) is 3.51. The van der Waals surface area contributed by atoms with E-state index in [1.807, 2.05) is 30.0 Å². The highest BCUT2D eigenvalue weighted by atomic mass is 32.2. The molecule has 0 aliphatic carbocycles. The van der Waals surface area contributed by atoms with E-state index in [1.165, 1.54) is 17.7 Å². The van der Waals surface area contributed by atoms with E-state index in [9.17, 15) is 4.79 Å². The smallest absolute Gasteiger partial charge is 0.243 e. The largest absolute Gasteiger partial charge is 0.353 e. The summed E-state index contributed by atoms with van der Waals surface area (Å²) in [6.07, 6.45) is 2.37. The Hall–Kier alpha value is -1.69. The molecule has 0 bridgehead atoms. The van der Waals surface area contributed by atoms with Crippen molar-refractivity contribution in [1.29, 1.82) is 0 Å². The number of thioether (sulfide) groups is 1. The number of carbonyl (C=O) groups is 1. The molecule has 5 nitrogen and oxygen atoms in total. The van der Waals surface area contributed by atoms with Gasteiger partial charge in [-0.3, -0.25) is 4.79 Å². The van der Waals surface area contributed by atoms with Gasteiger partial charge in [-0.25, -0.2) is 4.99 Å². The van der Waals surface area contributed by atoms with E-state index < -0.39 is 0 Å². The molecule has 1 aromatic carbocycles. The lowest BCUT2D eigenvalue weighted by atomic mass is 10.1. The minimum Gasteiger partial charge on any atom is -0.353 e. The molecule has 1 amide bonds. The second-order valence-corrected chi connectivity index (χ2v) is 7.44. The van der Waals surface area contributed by atoms with Crippen LogP contribution in [0.4, 0.5) is 0 Å². The van der Waals surface area contributed by atoms with Crippen LogP contribution in [0.5, 0.6) is 0 Å². The molecule has 24 heavy (non-hydrogen) atoms. The van der Waals surface area contributed by atoms with Crippen LogP contribution in [0, 0.1) is 0 Å². The first-order valence-electron chi connectivity index (χ1n) is 8.46. The lowest BCUT2D eigenvalue weighted by Gasteiger charge is -2.26. The maximum Gasteiger partial charge on any atom is 0.243 e. The fraction of sp³-hybridized carbons (Fsp3) is 0.556. The number of carbonyl (C=O) groups excluding carboxylic acids is 1. The Balaban J connectivity index is 2.03. The predicted molar refractivity (Wildman–Crippen MR) is 102 cm³/mol. The molecule has 1 saturated heterocycles. The first-order chi connectivity index (χ1) is 11.6. The molecule has 2 atom stereocenters. The molecule has 1 heterocycles. The van der Waals surface area contributed by atoms with Crippen LogP contribution < -0.4 is 10.6 Å². The summed E-state index contributed by atoms with van der Waals surface area (Å²) in [5, 5.41) is 6.93. The highest BCUT2D eigenvalue weighted by molar-refractivity contribution is 7.99. The molecule has 2 N–H and O–H groups in total. The predicted octanol–water partition coefficient (Wildman–Crippen LogP) is 2.27. The van der Waals surface area contributed by atoms with Gasteiger partial charge in [0.25, 0.3) is 0 Å². The zero-order valence-corrected chi connectivity index (χ0v) is 15.6. The molecule has 0 spiro atoms. The first-order valence-corrected chi connectivity index (χ1v) is 9.62. The third-order valence-corrected chi connectivity index (χ3v) is 5.24. The molecule has 0 saturated carbocycles. The van der Waals surface area contributed by atoms with Crippen LogP contribution in [0.15, 0.2) is 35.3 Å². The highest BCUT2D eigenvalue weighted by Gasteiger charge is 2.17. The Labute approximate surface area is 149 Å². The van der Waals surface area contributed by atoms with E-state index in [-0.39, 0.29) is 18.5 Å². The number of amides is 1. The van der Waals surface area contributed by atoms with Crippen LogP contribution in [0.25, 0.3) is 0 Å². The fourth-order valence-electron chi connectivity index (χ4n) is 2.50. The van der Waals surface area contributed by atoms with E-state index in [1.54, 1.807) is 19.0 Å². The summed E-state index contributed by atoms with van der Waals surface area (Å²) < 4.78 is 0. The third-order valence-electron chi connectivity index (χ3n) is 4.03. The molecule has 132 valence electrons. The van der Waals surface area contributed by atoms with Crippen molar-refractivity contribution < 1.29 is 4.79 Å². The number of nitrogens with one attached hydrogen (secondary N) is 2. The van der Waals surface area contributed by atoms with E-state index >= 15 is 0 Å². The topological polar surface area (TPSA) is 56.7 Å². The molecule has 1 aliphatic heterocycles. The Kier molecular flexibility index (Phi) is 7.43. The summed E-state index contributed by atoms with van der Waals surface area (Å²) >= 11 is 1.97. The molecule has 1 fully saturated rings. The van der Waals surface area contributed by atoms with Gasteiger partial charge in [-0.1, -0.05) is 30.3 Å². The van der Waals surface area contributed by atoms with Crippen molar-refractivity contribution in [3.63, 3.8) is 0 Å². The minimum atomic E-state index is 0.00137. The van der Waals surface area contributed by atoms with Crippen molar-refractivity contribution in [2.45, 2.75) is 31.8 Å². The van der Waals surface area contributed by atoms with Crippen LogP contribution in [0.1, 0.15) is 31.4 Å². The first kappa shape index (κ1) is 18.6. The van der Waals surface area contributed by atoms with Gasteiger partial charge in [0, 0.05) is 25.9 Å². The van der Waals surface area contributed by atoms with Crippen LogP contribution in [-0.4, -0.2) is 55.0 Å². The van der Waals surface area contributed by atoms with Crippen molar-refractivity contribution in [3.05, 3.63) is 35.9 Å². The normalized spacial score (nSPS) is 19.5. The van der Waals surface area contributed by atoms with E-state index in [0.29, 0.717) is 12.0 Å². The van der Waals surface area contributed by atoms with Crippen molar-refractivity contribution in [1.82, 2.24) is 15.5 Å². The van der Waals surface area contributed by atoms with Gasteiger partial charge in [0.1, 0.15) is 6.54 Å². The second-order valence-electron chi connectivity index (χ2n) is 6.29. The second kappa shape index (κ2) is 9.57. The average molecular weight is 349 g/mol. The summed E-state index contributed by atoms with van der Waals surface area (Å²) in [6.45, 7) is 2.26. The number of benzene rings is 1. The number of guanidine groups is 1. The van der Waals surface area contributed by atoms with Gasteiger partial charge >= 0.3 is 0 Å². The number of hydrogen-bond donors (Lipinski definition) is 2. The van der Waals surface area contributed by atoms with Crippen molar-refractivity contribution in [2.24, 2.45) is 4.99 Å². The number of nitrogens with zero attached hydrogens (tertiary/aromatic N) is 2. The standard InChI is InChI=1S/C18H28N4OS/c1-14(15-8-5-4-6-9-15)20-18(19-12-17(23)22(2)3)21-16-10-7-11-24-13-16/h4-6,8-9,14,16H,7,10-13H2,1-3H3,(H2,19,20,21)/t14-,16+/m0/s1. The lowest BCUT2D eigenvalue weighted by Crippen LogP contribution is -2.46. The van der Waals surface area contributed by atoms with Gasteiger partial charge < -0.3 is 15.5 Å². The number of rotatable bonds is 5. The Morgan fingerprint density at radius 2 is 2.12 bits per heavy atom. The molecule has 1 aliphatic rings. The maximum absolute atomic E-state index is 11.9. The van der Waals surface area contributed by atoms with Gasteiger partial charge in [-0.05, 0) is 31.1 Å². The quantitative estimate of drug-likeness (QED) is 0.633. The van der Waals surface area contributed by atoms with E-state index in [4.69, 9.17) is 0 Å². The zero-order valence-electron chi connectivity index (χ0n) is 14.8. The summed E-state index contributed by atoms with van der Waals surface area (Å²) in [6, 6.07) is 10.8. The Morgan fingerprint density at radius 3 is 2.75 bits per heavy atom. The average Bonchev–Trinajstić information content (AvgIpc) is 2.60. The van der Waals surface area contributed by atoms with Gasteiger partial charge in [-0.15, -0.1) is 0 Å². The molecular weight excluding hydrogens is 320 g/mol. The molecule has 1 aromatic rings. The molecular formula is C18H28N4OS. The minimum absolute atomic E-state index is 0.00137. The number of hydrogen-bond acceptors (Lipinski definition) is 3. The highest BCUT2D eigenvalue weighted by Crippen LogP contribution is 2.17. The molecule has 2 rings (SSSR count). The molecule has 0 unspecified atom stereocenters. The lowest BCUT2D eigenvalue weighted by molar-refractivity contribution is -0.127. The van der Waals surface area contributed by atoms with Crippen LogP contribution in [0.3, 0.4) is 0 Å². The Bertz CT molecular complexity index is 541. The summed E-state index contributed by atoms with van der Waals surface area (Å²) in [4.78, 5) is 17.9. The van der Waals surface area contributed by atoms with E-state index in [2.05, 4.69) is 34.7 Å². The summed E-state index contributed by atoms with van der Waals surface area (Å²) in [5.74, 6) is 3.04. The van der Waals surface area contributed by atoms with Gasteiger partial charge in [0.15, 0.2) is 5.96 Å². The number of likely N-dealkylation sites (N-methyl/N-ethyl adjacent to an activating group) is 1. The zero-order chi connectivity index (χ0) is 17.4. The van der Waals surface area contributed by atoms with Gasteiger partial charge in [0.2, 0.25) is 5.91 Å². The fourth-order valence-corrected chi connectivity index (χ4v) is 3.57. The van der Waals surface area contributed by atoms with Crippen molar-refractivity contribution in [3.8, 4) is 0 Å². The maximum atomic E-state index is 11.9. The van der Waals surface area contributed by atoms with Crippen LogP contribution in [-0.2, 0) is 4.79 Å². The molecule has 0 aromatic heterocycles. The summed E-state index contributed by atoms with van der Waals surface area (Å²) in [5.41, 5.74) is 1.20. The van der Waals surface area contributed by atoms with Gasteiger partial charge in [-0.2, -0.15) is 11.8 Å². The van der Waals surface area contributed by atoms with E-state index in [0.717, 1.165) is 12.2 Å².